The van der Waals surface area contributed by atoms with E-state index < -0.39 is 23.7 Å². The molecule has 5 nitrogen and oxygen atoms in total. The lowest BCUT2D eigenvalue weighted by molar-refractivity contribution is -0.119. The summed E-state index contributed by atoms with van der Waals surface area (Å²) in [5, 5.41) is 2.35. The van der Waals surface area contributed by atoms with E-state index >= 15 is 0 Å². The number of carbonyl (C=O) groups is 2. The molecule has 1 aromatic rings. The van der Waals surface area contributed by atoms with Crippen LogP contribution in [0.1, 0.15) is 22.8 Å². The zero-order valence-corrected chi connectivity index (χ0v) is 10.4. The molecular weight excluding hydrogens is 249 g/mol. The molecule has 1 unspecified atom stereocenters. The molecule has 1 atom stereocenters. The highest BCUT2D eigenvalue weighted by Gasteiger charge is 2.14. The summed E-state index contributed by atoms with van der Waals surface area (Å²) in [7, 11) is 0. The van der Waals surface area contributed by atoms with Crippen LogP contribution in [0.5, 0.6) is 0 Å². The fraction of sp³-hybridized carbons (Fsp3) is 0.231. The number of hydrogen-bond donors (Lipinski definition) is 3. The Balaban J connectivity index is 2.89. The van der Waals surface area contributed by atoms with E-state index in [4.69, 9.17) is 11.5 Å². The number of hydrogen-bond acceptors (Lipinski definition) is 3. The maximum absolute atomic E-state index is 13.6. The Kier molecular flexibility index (Phi) is 5.03. The van der Waals surface area contributed by atoms with Gasteiger partial charge in [0.1, 0.15) is 11.9 Å². The van der Waals surface area contributed by atoms with Crippen LogP contribution in [-0.2, 0) is 4.79 Å². The van der Waals surface area contributed by atoms with Gasteiger partial charge >= 0.3 is 0 Å². The van der Waals surface area contributed by atoms with Gasteiger partial charge in [0.2, 0.25) is 5.91 Å². The Morgan fingerprint density at radius 2 is 2.16 bits per heavy atom. The van der Waals surface area contributed by atoms with Gasteiger partial charge in [-0.3, -0.25) is 9.59 Å². The summed E-state index contributed by atoms with van der Waals surface area (Å²) in [4.78, 5) is 22.5. The molecule has 1 rings (SSSR count). The van der Waals surface area contributed by atoms with Crippen molar-refractivity contribution in [2.75, 3.05) is 6.54 Å². The first-order chi connectivity index (χ1) is 8.95. The minimum absolute atomic E-state index is 0.0869. The molecule has 0 aromatic heterocycles. The third kappa shape index (κ3) is 4.08. The minimum Gasteiger partial charge on any atom is -0.368 e. The molecule has 5 N–H and O–H groups in total. The van der Waals surface area contributed by atoms with Crippen LogP contribution in [0.2, 0.25) is 0 Å². The smallest absolute Gasteiger partial charge is 0.252 e. The molecule has 0 aliphatic rings. The third-order valence-electron chi connectivity index (χ3n) is 2.33. The van der Waals surface area contributed by atoms with Gasteiger partial charge in [-0.2, -0.15) is 0 Å². The zero-order valence-electron chi connectivity index (χ0n) is 10.4. The maximum atomic E-state index is 13.6. The third-order valence-corrected chi connectivity index (χ3v) is 2.33. The van der Waals surface area contributed by atoms with Crippen LogP contribution in [-0.4, -0.2) is 24.4 Å². The molecule has 0 fully saturated rings. The van der Waals surface area contributed by atoms with Crippen LogP contribution < -0.4 is 16.8 Å². The first-order valence-electron chi connectivity index (χ1n) is 5.54. The second-order valence-electron chi connectivity index (χ2n) is 3.80. The number of halogens is 1. The molecule has 19 heavy (non-hydrogen) atoms. The Labute approximate surface area is 110 Å². The number of amides is 2. The highest BCUT2D eigenvalue weighted by molar-refractivity contribution is 5.97. The predicted molar refractivity (Wildman–Crippen MR) is 68.5 cm³/mol. The molecule has 0 aliphatic carbocycles. The van der Waals surface area contributed by atoms with E-state index in [1.165, 1.54) is 19.1 Å². The summed E-state index contributed by atoms with van der Waals surface area (Å²) in [6.45, 7) is 1.56. The second kappa shape index (κ2) is 6.52. The standard InChI is InChI=1S/C13H14FN3O2/c1-8(12(16)18)17-13(19)10-5-4-9(3-2-6-15)11(14)7-10/h4-5,7-8H,6,15H2,1H3,(H2,16,18)(H,17,19). The molecule has 0 saturated carbocycles. The summed E-state index contributed by atoms with van der Waals surface area (Å²) < 4.78 is 13.6. The number of rotatable bonds is 3. The van der Waals surface area contributed by atoms with Gasteiger partial charge in [0, 0.05) is 5.56 Å². The summed E-state index contributed by atoms with van der Waals surface area (Å²) in [6, 6.07) is 3.00. The second-order valence-corrected chi connectivity index (χ2v) is 3.80. The first kappa shape index (κ1) is 14.7. The molecule has 6 heteroatoms. The number of primary amides is 1. The maximum Gasteiger partial charge on any atom is 0.252 e. The highest BCUT2D eigenvalue weighted by atomic mass is 19.1. The van der Waals surface area contributed by atoms with Crippen molar-refractivity contribution in [3.63, 3.8) is 0 Å². The minimum atomic E-state index is -0.827. The normalized spacial score (nSPS) is 11.1. The fourth-order valence-electron chi connectivity index (χ4n) is 1.26. The van der Waals surface area contributed by atoms with E-state index in [0.717, 1.165) is 6.07 Å². The van der Waals surface area contributed by atoms with E-state index in [2.05, 4.69) is 17.2 Å². The van der Waals surface area contributed by atoms with Crippen LogP contribution in [0.25, 0.3) is 0 Å². The van der Waals surface area contributed by atoms with Gasteiger partial charge in [-0.05, 0) is 25.1 Å². The van der Waals surface area contributed by atoms with E-state index in [1.807, 2.05) is 0 Å². The van der Waals surface area contributed by atoms with Gasteiger partial charge in [0.25, 0.3) is 5.91 Å². The van der Waals surface area contributed by atoms with Crippen LogP contribution in [0.4, 0.5) is 4.39 Å². The van der Waals surface area contributed by atoms with Gasteiger partial charge in [-0.25, -0.2) is 4.39 Å². The molecule has 0 heterocycles. The lowest BCUT2D eigenvalue weighted by Crippen LogP contribution is -2.42. The number of benzene rings is 1. The van der Waals surface area contributed by atoms with E-state index in [9.17, 15) is 14.0 Å². The van der Waals surface area contributed by atoms with Crippen molar-refractivity contribution in [2.24, 2.45) is 11.5 Å². The topological polar surface area (TPSA) is 98.2 Å². The van der Waals surface area contributed by atoms with Gasteiger partial charge in [-0.1, -0.05) is 11.8 Å². The highest BCUT2D eigenvalue weighted by Crippen LogP contribution is 2.09. The van der Waals surface area contributed by atoms with Crippen molar-refractivity contribution in [1.82, 2.24) is 5.32 Å². The Bertz CT molecular complexity index is 561. The van der Waals surface area contributed by atoms with Crippen molar-refractivity contribution in [3.8, 4) is 11.8 Å². The zero-order chi connectivity index (χ0) is 14.4. The molecule has 0 spiro atoms. The molecular formula is C13H14FN3O2. The van der Waals surface area contributed by atoms with E-state index in [0.29, 0.717) is 0 Å². The molecule has 0 saturated heterocycles. The van der Waals surface area contributed by atoms with Crippen molar-refractivity contribution in [3.05, 3.63) is 35.1 Å². The SMILES string of the molecule is CC(NC(=O)c1ccc(C#CCN)c(F)c1)C(N)=O. The molecule has 2 amide bonds. The van der Waals surface area contributed by atoms with Gasteiger partial charge < -0.3 is 16.8 Å². The van der Waals surface area contributed by atoms with Crippen LogP contribution in [0.15, 0.2) is 18.2 Å². The van der Waals surface area contributed by atoms with E-state index in [1.54, 1.807) is 0 Å². The Hall–Kier alpha value is -2.39. The number of nitrogens with one attached hydrogen (secondary N) is 1. The molecule has 0 radical (unpaired) electrons. The Morgan fingerprint density at radius 1 is 1.47 bits per heavy atom. The van der Waals surface area contributed by atoms with Crippen LogP contribution >= 0.6 is 0 Å². The van der Waals surface area contributed by atoms with Crippen molar-refractivity contribution in [1.29, 1.82) is 0 Å². The van der Waals surface area contributed by atoms with Crippen molar-refractivity contribution >= 4 is 11.8 Å². The van der Waals surface area contributed by atoms with Gasteiger partial charge in [-0.15, -0.1) is 0 Å². The molecule has 1 aromatic carbocycles. The summed E-state index contributed by atoms with van der Waals surface area (Å²) in [5.74, 6) is 3.19. The van der Waals surface area contributed by atoms with Crippen LogP contribution in [0, 0.1) is 17.7 Å². The van der Waals surface area contributed by atoms with Crippen molar-refractivity contribution < 1.29 is 14.0 Å². The van der Waals surface area contributed by atoms with Crippen LogP contribution in [0.3, 0.4) is 0 Å². The summed E-state index contributed by atoms with van der Waals surface area (Å²) in [5.41, 5.74) is 10.4. The number of nitrogens with two attached hydrogens (primary N) is 2. The quantitative estimate of drug-likeness (QED) is 0.655. The van der Waals surface area contributed by atoms with Gasteiger partial charge in [0.05, 0.1) is 12.1 Å². The average molecular weight is 263 g/mol. The first-order valence-corrected chi connectivity index (χ1v) is 5.54. The lowest BCUT2D eigenvalue weighted by atomic mass is 10.1. The van der Waals surface area contributed by atoms with Gasteiger partial charge in [0.15, 0.2) is 0 Å². The largest absolute Gasteiger partial charge is 0.368 e. The predicted octanol–water partition coefficient (Wildman–Crippen LogP) is -0.260. The Morgan fingerprint density at radius 3 is 2.68 bits per heavy atom. The summed E-state index contributed by atoms with van der Waals surface area (Å²) >= 11 is 0. The van der Waals surface area contributed by atoms with E-state index in [-0.39, 0.29) is 17.7 Å². The average Bonchev–Trinajstić information content (AvgIpc) is 2.36. The molecule has 100 valence electrons. The lowest BCUT2D eigenvalue weighted by Gasteiger charge is -2.10. The molecule has 0 aliphatic heterocycles. The fourth-order valence-corrected chi connectivity index (χ4v) is 1.26. The number of carbonyl (C=O) groups excluding carboxylic acids is 2. The van der Waals surface area contributed by atoms with Crippen molar-refractivity contribution in [2.45, 2.75) is 13.0 Å². The summed E-state index contributed by atoms with van der Waals surface area (Å²) in [6.07, 6.45) is 0. The molecule has 0 bridgehead atoms. The monoisotopic (exact) mass is 263 g/mol.